The van der Waals surface area contributed by atoms with Crippen LogP contribution in [0.15, 0.2) is 23.1 Å². The summed E-state index contributed by atoms with van der Waals surface area (Å²) in [7, 11) is 5.30. The molecule has 0 spiro atoms. The van der Waals surface area contributed by atoms with Gasteiger partial charge in [0.15, 0.2) is 0 Å². The molecule has 2 atom stereocenters. The zero-order valence-corrected chi connectivity index (χ0v) is 25.2. The van der Waals surface area contributed by atoms with Crippen LogP contribution in [0.2, 0.25) is 0 Å². The Hall–Kier alpha value is 0.197. The monoisotopic (exact) mass is 905 g/mol. The third-order valence-electron chi connectivity index (χ3n) is 4.96. The molecule has 2 saturated carbocycles. The normalized spacial score (nSPS) is 21.1. The van der Waals surface area contributed by atoms with Gasteiger partial charge in [-0.3, -0.25) is 11.0 Å². The van der Waals surface area contributed by atoms with E-state index < -0.39 is 54.4 Å². The predicted molar refractivity (Wildman–Crippen MR) is 125 cm³/mol. The quantitative estimate of drug-likeness (QED) is 0.131. The van der Waals surface area contributed by atoms with Crippen LogP contribution >= 0.6 is 18.8 Å². The molecule has 2 fully saturated rings. The van der Waals surface area contributed by atoms with E-state index in [4.69, 9.17) is 56.5 Å². The van der Waals surface area contributed by atoms with E-state index in [1.165, 1.54) is 25.7 Å². The zero-order chi connectivity index (χ0) is 25.7. The van der Waals surface area contributed by atoms with Crippen LogP contribution < -0.4 is 22.9 Å². The van der Waals surface area contributed by atoms with Crippen LogP contribution in [0, 0.1) is 6.42 Å². The SMILES string of the molecule is NC1(N)[CH-]CCCC1.N[C@@H]1CCCC[C@H]1N.O=C(O)c1cc(S(=O)(=O)O)ccc1O.[Cl][Pt][Cl].[Pt]. The smallest absolute Gasteiger partial charge is 0 e. The molecule has 3 rings (SSSR count). The molecule has 0 amide bonds. The maximum absolute atomic E-state index is 10.6. The molecule has 2 aliphatic carbocycles. The molecule has 0 unspecified atom stereocenters. The summed E-state index contributed by atoms with van der Waals surface area (Å²) >= 11 is -0.472. The van der Waals surface area contributed by atoms with Gasteiger partial charge >= 0.3 is 41.3 Å². The van der Waals surface area contributed by atoms with Crippen molar-refractivity contribution in [2.24, 2.45) is 22.9 Å². The summed E-state index contributed by atoms with van der Waals surface area (Å²) in [4.78, 5) is 9.89. The van der Waals surface area contributed by atoms with Crippen molar-refractivity contribution in [3.8, 4) is 5.75 Å². The standard InChI is InChI=1S/C7H6O6S.C6H13N2.C6H14N2.2ClH.2Pt/c8-6-2-1-4(14(11,12)13)3-5(6)7(9)10;7-6(8)4-2-1-3-5-6;7-5-3-1-2-4-6(5)8;;;;/h1-3,8H,(H,9,10)(H,11,12,13);4H,1-3,5,7-8H2;5-6H,1-4,7-8H2;2*1H;;/q;-1;;;;;+2/p-2/t;;5-,6-;;;;/m..1..../s1. The number of benzene rings is 1. The predicted octanol–water partition coefficient (Wildman–Crippen LogP) is 2.30. The van der Waals surface area contributed by atoms with Gasteiger partial charge in [0, 0.05) is 33.1 Å². The Labute approximate surface area is 231 Å². The number of carbonyl (C=O) groups is 1. The molecule has 1 aromatic carbocycles. The molecule has 0 aliphatic heterocycles. The second kappa shape index (κ2) is 18.4. The van der Waals surface area contributed by atoms with Crippen LogP contribution in [0.25, 0.3) is 0 Å². The van der Waals surface area contributed by atoms with Crippen molar-refractivity contribution in [3.63, 3.8) is 0 Å². The third-order valence-corrected chi connectivity index (χ3v) is 5.81. The molecule has 0 bridgehead atoms. The van der Waals surface area contributed by atoms with Gasteiger partial charge in [0.2, 0.25) is 0 Å². The van der Waals surface area contributed by atoms with Gasteiger partial charge in [-0.2, -0.15) is 14.8 Å². The molecule has 15 heteroatoms. The number of aromatic carboxylic acids is 1. The van der Waals surface area contributed by atoms with E-state index in [1.54, 1.807) is 0 Å². The second-order valence-corrected chi connectivity index (χ2v) is 12.4. The second-order valence-electron chi connectivity index (χ2n) is 7.68. The molecule has 0 aromatic heterocycles. The van der Waals surface area contributed by atoms with E-state index in [0.29, 0.717) is 6.07 Å². The Balaban J connectivity index is 0. The summed E-state index contributed by atoms with van der Waals surface area (Å²) in [6, 6.07) is 3.02. The first kappa shape index (κ1) is 36.4. The van der Waals surface area contributed by atoms with Crippen LogP contribution in [0.4, 0.5) is 0 Å². The Kier molecular flexibility index (Phi) is 19.7. The topological polar surface area (TPSA) is 216 Å². The van der Waals surface area contributed by atoms with Gasteiger partial charge in [0.05, 0.1) is 4.90 Å². The number of halogens is 2. The summed E-state index contributed by atoms with van der Waals surface area (Å²) in [5.74, 6) is -2.04. The van der Waals surface area contributed by atoms with Crippen molar-refractivity contribution < 1.29 is 65.5 Å². The number of rotatable bonds is 2. The summed E-state index contributed by atoms with van der Waals surface area (Å²) in [5.41, 5.74) is 21.5. The molecule has 1 aromatic rings. The molecule has 10 nitrogen and oxygen atoms in total. The fourth-order valence-corrected chi connectivity index (χ4v) is 3.59. The molecule has 11 N–H and O–H groups in total. The Bertz CT molecular complexity index is 819. The van der Waals surface area contributed by atoms with Gasteiger partial charge in [-0.1, -0.05) is 37.8 Å². The van der Waals surface area contributed by atoms with E-state index >= 15 is 0 Å². The van der Waals surface area contributed by atoms with Crippen LogP contribution in [0.1, 0.15) is 61.7 Å². The van der Waals surface area contributed by atoms with Gasteiger partial charge in [-0.05, 0) is 31.0 Å². The van der Waals surface area contributed by atoms with Crippen LogP contribution in [-0.4, -0.2) is 46.9 Å². The molecular formula is C19H33Cl2N4O6Pt2S-. The average molecular weight is 907 g/mol. The van der Waals surface area contributed by atoms with Crippen molar-refractivity contribution in [1.29, 1.82) is 0 Å². The summed E-state index contributed by atoms with van der Waals surface area (Å²) in [6.07, 6.45) is 11.3. The van der Waals surface area contributed by atoms with Crippen molar-refractivity contribution in [1.82, 2.24) is 0 Å². The first-order valence-corrected chi connectivity index (χ1v) is 17.1. The molecule has 0 radical (unpaired) electrons. The molecule has 2 aliphatic rings. The first-order chi connectivity index (χ1) is 15.2. The minimum Gasteiger partial charge on any atom is 0 e. The first-order valence-electron chi connectivity index (χ1n) is 10.0. The van der Waals surface area contributed by atoms with Crippen LogP contribution in [0.5, 0.6) is 5.75 Å². The van der Waals surface area contributed by atoms with Crippen LogP contribution in [-0.2, 0) is 47.7 Å². The fraction of sp³-hybridized carbons (Fsp3) is 0.579. The summed E-state index contributed by atoms with van der Waals surface area (Å²) in [6.45, 7) is 0. The zero-order valence-electron chi connectivity index (χ0n) is 18.3. The summed E-state index contributed by atoms with van der Waals surface area (Å²) in [5, 5.41) is 17.5. The molecular weight excluding hydrogens is 873 g/mol. The van der Waals surface area contributed by atoms with Crippen molar-refractivity contribution in [2.75, 3.05) is 0 Å². The number of carboxylic acids is 1. The minimum absolute atomic E-state index is 0. The average Bonchev–Trinajstić information content (AvgIpc) is 2.71. The molecule has 0 heterocycles. The number of phenols is 1. The Morgan fingerprint density at radius 3 is 1.88 bits per heavy atom. The maximum Gasteiger partial charge on any atom is 0 e. The number of carboxylic acid groups (broad SMARTS) is 1. The van der Waals surface area contributed by atoms with Crippen molar-refractivity contribution in [2.45, 2.75) is 74.0 Å². The van der Waals surface area contributed by atoms with Crippen LogP contribution in [0.3, 0.4) is 0 Å². The van der Waals surface area contributed by atoms with E-state index in [9.17, 15) is 13.2 Å². The van der Waals surface area contributed by atoms with Gasteiger partial charge in [0.1, 0.15) is 11.3 Å². The van der Waals surface area contributed by atoms with Crippen molar-refractivity contribution in [3.05, 3.63) is 30.2 Å². The van der Waals surface area contributed by atoms with Crippen molar-refractivity contribution >= 4 is 34.9 Å². The van der Waals surface area contributed by atoms with E-state index in [1.807, 2.05) is 6.42 Å². The Morgan fingerprint density at radius 2 is 1.59 bits per heavy atom. The molecule has 0 saturated heterocycles. The van der Waals surface area contributed by atoms with Gasteiger partial charge < -0.3 is 33.1 Å². The Morgan fingerprint density at radius 1 is 1.09 bits per heavy atom. The number of hydrogen-bond donors (Lipinski definition) is 7. The molecule has 34 heavy (non-hydrogen) atoms. The largest absolute Gasteiger partial charge is 0 e. The van der Waals surface area contributed by atoms with E-state index in [0.717, 1.165) is 37.8 Å². The van der Waals surface area contributed by atoms with Gasteiger partial charge in [-0.15, -0.1) is 0 Å². The third kappa shape index (κ3) is 16.0. The number of nitrogens with two attached hydrogens (primary N) is 4. The number of aromatic hydroxyl groups is 1. The van der Waals surface area contributed by atoms with E-state index in [-0.39, 0.29) is 33.1 Å². The minimum atomic E-state index is -4.45. The maximum atomic E-state index is 10.6. The van der Waals surface area contributed by atoms with Gasteiger partial charge in [-0.25, -0.2) is 4.79 Å². The molecule has 206 valence electrons. The number of hydrogen-bond acceptors (Lipinski definition) is 8. The van der Waals surface area contributed by atoms with E-state index in [2.05, 4.69) is 0 Å². The van der Waals surface area contributed by atoms with Gasteiger partial charge in [0.25, 0.3) is 10.1 Å². The fourth-order valence-electron chi connectivity index (χ4n) is 3.08. The summed E-state index contributed by atoms with van der Waals surface area (Å²) < 4.78 is 29.8.